The van der Waals surface area contributed by atoms with E-state index in [1.807, 2.05) is 0 Å². The maximum Gasteiger partial charge on any atom is -0.00879 e. The van der Waals surface area contributed by atoms with E-state index in [-0.39, 0.29) is 0 Å². The Morgan fingerprint density at radius 2 is 1.15 bits per heavy atom. The van der Waals surface area contributed by atoms with Gasteiger partial charge >= 0.3 is 0 Å². The third-order valence-electron chi connectivity index (χ3n) is 8.97. The van der Waals surface area contributed by atoms with Crippen LogP contribution in [0.15, 0.2) is 121 Å². The standard InChI is InChI=1S/C38H45P/c1-2-32(33-20-10-4-11-21-33)29-36(34-22-12-5-13-23-34)37(28-31-18-8-3-9-19-31)38(35-24-14-6-15-25-35)30-39-26-16-7-17-27-39/h3-6,8-15,18-26,32,36-39H,2,7,16-17,27-30H2,1H3. The van der Waals surface area contributed by atoms with Crippen LogP contribution in [0.4, 0.5) is 0 Å². The van der Waals surface area contributed by atoms with E-state index in [1.165, 1.54) is 61.1 Å². The maximum atomic E-state index is 2.75. The lowest BCUT2D eigenvalue weighted by atomic mass is 9.69. The quantitative estimate of drug-likeness (QED) is 0.159. The lowest BCUT2D eigenvalue weighted by molar-refractivity contribution is 0.329. The predicted molar refractivity (Wildman–Crippen MR) is 174 cm³/mol. The first-order valence-electron chi connectivity index (χ1n) is 15.2. The molecule has 0 fully saturated rings. The zero-order chi connectivity index (χ0) is 26.7. The van der Waals surface area contributed by atoms with Gasteiger partial charge in [-0.1, -0.05) is 134 Å². The molecule has 0 saturated carbocycles. The van der Waals surface area contributed by atoms with Crippen molar-refractivity contribution in [3.8, 4) is 0 Å². The fourth-order valence-electron chi connectivity index (χ4n) is 6.87. The number of hydrogen-bond donors (Lipinski definition) is 0. The highest BCUT2D eigenvalue weighted by Gasteiger charge is 2.34. The molecule has 0 saturated heterocycles. The summed E-state index contributed by atoms with van der Waals surface area (Å²) in [6.07, 6.45) is 10.4. The van der Waals surface area contributed by atoms with E-state index in [4.69, 9.17) is 0 Å². The van der Waals surface area contributed by atoms with Crippen LogP contribution in [-0.2, 0) is 6.42 Å². The van der Waals surface area contributed by atoms with Crippen molar-refractivity contribution in [2.75, 3.05) is 12.3 Å². The molecule has 0 aromatic heterocycles. The minimum Gasteiger partial charge on any atom is -0.121 e. The predicted octanol–water partition coefficient (Wildman–Crippen LogP) is 10.2. The Morgan fingerprint density at radius 3 is 1.69 bits per heavy atom. The van der Waals surface area contributed by atoms with Crippen LogP contribution in [0.3, 0.4) is 0 Å². The van der Waals surface area contributed by atoms with Crippen molar-refractivity contribution in [1.82, 2.24) is 0 Å². The van der Waals surface area contributed by atoms with Gasteiger partial charge in [0.15, 0.2) is 0 Å². The molecule has 0 nitrogen and oxygen atoms in total. The van der Waals surface area contributed by atoms with Crippen LogP contribution >= 0.6 is 7.55 Å². The summed E-state index contributed by atoms with van der Waals surface area (Å²) >= 11 is 0. The van der Waals surface area contributed by atoms with Crippen LogP contribution in [0.5, 0.6) is 0 Å². The third-order valence-corrected chi connectivity index (χ3v) is 11.8. The second kappa shape index (κ2) is 14.5. The molecule has 1 heteroatoms. The van der Waals surface area contributed by atoms with E-state index in [1.54, 1.807) is 5.56 Å². The molecule has 4 aromatic rings. The van der Waals surface area contributed by atoms with Gasteiger partial charge in [-0.3, -0.25) is 0 Å². The highest BCUT2D eigenvalue weighted by Crippen LogP contribution is 2.47. The van der Waals surface area contributed by atoms with Gasteiger partial charge in [0.05, 0.1) is 0 Å². The van der Waals surface area contributed by atoms with Gasteiger partial charge in [0.2, 0.25) is 0 Å². The molecule has 0 bridgehead atoms. The Balaban J connectivity index is 1.61. The minimum atomic E-state index is -0.454. The molecular weight excluding hydrogens is 487 g/mol. The minimum absolute atomic E-state index is 0.454. The van der Waals surface area contributed by atoms with Crippen LogP contribution < -0.4 is 0 Å². The fraction of sp³-hybridized carbons (Fsp3) is 0.342. The molecule has 1 heterocycles. The first-order chi connectivity index (χ1) is 19.3. The van der Waals surface area contributed by atoms with E-state index in [0.717, 1.165) is 6.42 Å². The van der Waals surface area contributed by atoms with Crippen LogP contribution in [0.2, 0.25) is 0 Å². The molecule has 5 rings (SSSR count). The summed E-state index contributed by atoms with van der Waals surface area (Å²) in [7, 11) is -0.454. The van der Waals surface area contributed by atoms with Crippen molar-refractivity contribution in [2.45, 2.75) is 63.2 Å². The van der Waals surface area contributed by atoms with Crippen LogP contribution in [-0.4, -0.2) is 18.1 Å². The van der Waals surface area contributed by atoms with Gasteiger partial charge in [0.1, 0.15) is 0 Å². The Bertz CT molecular complexity index is 1260. The number of rotatable bonds is 12. The SMILES string of the molecule is CCC(CC(c1ccccc1)C(Cc1ccccc1)C(C[PH]1=CCCCC1)c1ccccc1)c1ccccc1. The van der Waals surface area contributed by atoms with Crippen molar-refractivity contribution in [2.24, 2.45) is 5.92 Å². The van der Waals surface area contributed by atoms with Crippen LogP contribution in [0, 0.1) is 5.92 Å². The average Bonchev–Trinajstić information content (AvgIpc) is 3.02. The summed E-state index contributed by atoms with van der Waals surface area (Å²) in [5.74, 6) is 4.91. The molecule has 5 atom stereocenters. The zero-order valence-electron chi connectivity index (χ0n) is 23.6. The molecule has 1 aliphatic heterocycles. The normalized spacial score (nSPS) is 18.4. The molecule has 1 aliphatic rings. The Morgan fingerprint density at radius 1 is 0.615 bits per heavy atom. The molecule has 39 heavy (non-hydrogen) atoms. The smallest absolute Gasteiger partial charge is 0.00879 e. The topological polar surface area (TPSA) is 0 Å². The molecule has 0 N–H and O–H groups in total. The first-order valence-corrected chi connectivity index (χ1v) is 17.2. The number of hydrogen-bond acceptors (Lipinski definition) is 0. The summed E-state index contributed by atoms with van der Waals surface area (Å²) in [5.41, 5.74) is 6.02. The number of benzene rings is 4. The van der Waals surface area contributed by atoms with Gasteiger partial charge in [-0.15, -0.1) is 7.55 Å². The van der Waals surface area contributed by atoms with Gasteiger partial charge in [0.25, 0.3) is 0 Å². The maximum absolute atomic E-state index is 2.75. The summed E-state index contributed by atoms with van der Waals surface area (Å²) in [6, 6.07) is 45.6. The molecule has 5 unspecified atom stereocenters. The van der Waals surface area contributed by atoms with Gasteiger partial charge < -0.3 is 0 Å². The van der Waals surface area contributed by atoms with E-state index in [0.29, 0.717) is 23.7 Å². The zero-order valence-corrected chi connectivity index (χ0v) is 24.6. The van der Waals surface area contributed by atoms with Gasteiger partial charge in [0, 0.05) is 0 Å². The molecule has 0 aliphatic carbocycles. The van der Waals surface area contributed by atoms with E-state index in [2.05, 4.69) is 134 Å². The van der Waals surface area contributed by atoms with E-state index >= 15 is 0 Å². The second-order valence-corrected chi connectivity index (χ2v) is 14.1. The van der Waals surface area contributed by atoms with E-state index < -0.39 is 7.55 Å². The average molecular weight is 533 g/mol. The lowest BCUT2D eigenvalue weighted by Crippen LogP contribution is -2.27. The van der Waals surface area contributed by atoms with Gasteiger partial charge in [-0.05, 0) is 96.8 Å². The van der Waals surface area contributed by atoms with Crippen molar-refractivity contribution >= 4 is 13.3 Å². The molecule has 202 valence electrons. The summed E-state index contributed by atoms with van der Waals surface area (Å²) in [6.45, 7) is 2.38. The van der Waals surface area contributed by atoms with E-state index in [9.17, 15) is 0 Å². The van der Waals surface area contributed by atoms with Gasteiger partial charge in [-0.25, -0.2) is 0 Å². The second-order valence-electron chi connectivity index (χ2n) is 11.5. The Kier molecular flexibility index (Phi) is 10.3. The van der Waals surface area contributed by atoms with Crippen LogP contribution in [0.25, 0.3) is 0 Å². The van der Waals surface area contributed by atoms with Crippen molar-refractivity contribution < 1.29 is 0 Å². The molecule has 0 amide bonds. The highest BCUT2D eigenvalue weighted by atomic mass is 31.1. The third kappa shape index (κ3) is 7.64. The molecule has 0 spiro atoms. The van der Waals surface area contributed by atoms with Crippen molar-refractivity contribution in [3.05, 3.63) is 144 Å². The molecule has 4 aromatic carbocycles. The Labute approximate surface area is 237 Å². The monoisotopic (exact) mass is 532 g/mol. The van der Waals surface area contributed by atoms with Gasteiger partial charge in [-0.2, -0.15) is 0 Å². The summed E-state index contributed by atoms with van der Waals surface area (Å²) in [4.78, 5) is 0. The molecular formula is C38H45P. The van der Waals surface area contributed by atoms with Crippen LogP contribution in [0.1, 0.15) is 79.0 Å². The lowest BCUT2D eigenvalue weighted by Gasteiger charge is -2.38. The Hall–Kier alpha value is -2.82. The van der Waals surface area contributed by atoms with Crippen molar-refractivity contribution in [3.63, 3.8) is 0 Å². The summed E-state index contributed by atoms with van der Waals surface area (Å²) < 4.78 is 0. The first kappa shape index (κ1) is 27.7. The molecule has 0 radical (unpaired) electrons. The summed E-state index contributed by atoms with van der Waals surface area (Å²) in [5, 5.41) is 0. The highest BCUT2D eigenvalue weighted by molar-refractivity contribution is 7.57. The largest absolute Gasteiger partial charge is 0.121 e. The van der Waals surface area contributed by atoms with Crippen molar-refractivity contribution in [1.29, 1.82) is 0 Å². The fourth-order valence-corrected chi connectivity index (χ4v) is 9.86.